The van der Waals surface area contributed by atoms with Crippen LogP contribution in [0.2, 0.25) is 35.9 Å². The summed E-state index contributed by atoms with van der Waals surface area (Å²) in [4.78, 5) is 0. The molecule has 4 aliphatic heterocycles. The third-order valence-corrected chi connectivity index (χ3v) is 9.50. The number of hydrogen-bond acceptors (Lipinski definition) is 0. The van der Waals surface area contributed by atoms with E-state index in [-0.39, 0.29) is 0 Å². The summed E-state index contributed by atoms with van der Waals surface area (Å²) in [6.07, 6.45) is 35.3. The van der Waals surface area contributed by atoms with Gasteiger partial charge in [0.1, 0.15) is 13.4 Å². The van der Waals surface area contributed by atoms with Gasteiger partial charge in [0, 0.05) is 0 Å². The highest BCUT2D eigenvalue weighted by Crippen LogP contribution is 2.49. The van der Waals surface area contributed by atoms with Crippen molar-refractivity contribution < 1.29 is 0 Å². The molecule has 4 heterocycles. The van der Waals surface area contributed by atoms with Gasteiger partial charge >= 0.3 is 0 Å². The summed E-state index contributed by atoms with van der Waals surface area (Å²) in [6, 6.07) is 0. The summed E-state index contributed by atoms with van der Waals surface area (Å²) >= 11 is 0. The predicted molar refractivity (Wildman–Crippen MR) is 128 cm³/mol. The Labute approximate surface area is 177 Å². The monoisotopic (exact) mass is 380 g/mol. The van der Waals surface area contributed by atoms with Crippen LogP contribution in [0.3, 0.4) is 0 Å². The Bertz CT molecular complexity index is 387. The molecule has 0 aromatic heterocycles. The van der Waals surface area contributed by atoms with Crippen molar-refractivity contribution >= 4 is 13.4 Å². The molecule has 0 spiro atoms. The van der Waals surface area contributed by atoms with Crippen LogP contribution in [0.4, 0.5) is 0 Å². The number of unbranched alkanes of at least 4 members (excludes halogenated alkanes) is 4. The molecule has 0 saturated carbocycles. The molecule has 0 aromatic rings. The zero-order chi connectivity index (χ0) is 19.0. The van der Waals surface area contributed by atoms with Crippen LogP contribution in [0, 0.1) is 0 Å². The molecule has 0 aliphatic carbocycles. The second kappa shape index (κ2) is 11.3. The zero-order valence-corrected chi connectivity index (χ0v) is 18.8. The lowest BCUT2D eigenvalue weighted by molar-refractivity contribution is 0.440. The van der Waals surface area contributed by atoms with Gasteiger partial charge in [-0.2, -0.15) is 0 Å². The van der Waals surface area contributed by atoms with Gasteiger partial charge < -0.3 is 0 Å². The first-order valence-corrected chi connectivity index (χ1v) is 13.6. The van der Waals surface area contributed by atoms with Crippen molar-refractivity contribution in [2.75, 3.05) is 0 Å². The number of fused-ring (bicyclic) bond motifs is 4. The molecule has 4 saturated heterocycles. The standard InChI is InChI=1S/C26H46B2/c1(3-5-7-21-27-23-13-9-14-24(27)16-10-15-23)2-4-6-8-22-28-25-17-11-18-26(28)20-12-19-25/h1-2,23-26H,3-22H2. The van der Waals surface area contributed by atoms with Crippen molar-refractivity contribution in [1.29, 1.82) is 0 Å². The molecule has 4 aliphatic rings. The lowest BCUT2D eigenvalue weighted by Crippen LogP contribution is -2.34. The van der Waals surface area contributed by atoms with E-state index in [4.69, 9.17) is 0 Å². The van der Waals surface area contributed by atoms with Crippen LogP contribution >= 0.6 is 0 Å². The maximum Gasteiger partial charge on any atom is 0.146 e. The van der Waals surface area contributed by atoms with E-state index in [0.29, 0.717) is 0 Å². The third-order valence-electron chi connectivity index (χ3n) is 9.50. The van der Waals surface area contributed by atoms with Gasteiger partial charge in [-0.25, -0.2) is 0 Å². The number of rotatable bonds is 10. The Morgan fingerprint density at radius 3 is 1.11 bits per heavy atom. The van der Waals surface area contributed by atoms with Crippen LogP contribution in [0.5, 0.6) is 0 Å². The van der Waals surface area contributed by atoms with Crippen molar-refractivity contribution in [3.63, 3.8) is 0 Å². The summed E-state index contributed by atoms with van der Waals surface area (Å²) in [7, 11) is 0. The zero-order valence-electron chi connectivity index (χ0n) is 18.8. The lowest BCUT2D eigenvalue weighted by atomic mass is 9.26. The normalized spacial score (nSPS) is 32.9. The highest BCUT2D eigenvalue weighted by molar-refractivity contribution is 6.63. The molecule has 156 valence electrons. The van der Waals surface area contributed by atoms with Gasteiger partial charge in [0.25, 0.3) is 0 Å². The van der Waals surface area contributed by atoms with Crippen molar-refractivity contribution in [3.05, 3.63) is 12.2 Å². The minimum absolute atomic E-state index is 1.12. The van der Waals surface area contributed by atoms with Crippen LogP contribution in [0.25, 0.3) is 0 Å². The first-order chi connectivity index (χ1) is 13.9. The Morgan fingerprint density at radius 1 is 0.464 bits per heavy atom. The van der Waals surface area contributed by atoms with Crippen LogP contribution in [-0.4, -0.2) is 13.4 Å². The molecule has 4 fully saturated rings. The molecule has 0 N–H and O–H groups in total. The first kappa shape index (κ1) is 21.1. The largest absolute Gasteiger partial charge is 0.146 e. The van der Waals surface area contributed by atoms with Gasteiger partial charge in [0.2, 0.25) is 0 Å². The van der Waals surface area contributed by atoms with Gasteiger partial charge in [0.05, 0.1) is 0 Å². The molecule has 0 unspecified atom stereocenters. The average molecular weight is 380 g/mol. The molecule has 0 nitrogen and oxygen atoms in total. The van der Waals surface area contributed by atoms with Crippen LogP contribution in [0.1, 0.15) is 116 Å². The van der Waals surface area contributed by atoms with E-state index in [0.717, 1.165) is 36.7 Å². The Kier molecular flexibility index (Phi) is 8.53. The quantitative estimate of drug-likeness (QED) is 0.201. The highest BCUT2D eigenvalue weighted by atomic mass is 14.3. The van der Waals surface area contributed by atoms with Crippen molar-refractivity contribution in [1.82, 2.24) is 0 Å². The third kappa shape index (κ3) is 5.72. The summed E-state index contributed by atoms with van der Waals surface area (Å²) in [5, 5.41) is 0. The average Bonchev–Trinajstić information content (AvgIpc) is 2.69. The maximum atomic E-state index is 2.51. The number of allylic oxidation sites excluding steroid dienone is 2. The van der Waals surface area contributed by atoms with Crippen molar-refractivity contribution in [2.24, 2.45) is 0 Å². The maximum absolute atomic E-state index is 2.51. The minimum Gasteiger partial charge on any atom is -0.0885 e. The summed E-state index contributed by atoms with van der Waals surface area (Å²) < 4.78 is 0. The Hall–Kier alpha value is -0.130. The fraction of sp³-hybridized carbons (Fsp3) is 0.923. The number of hydrogen-bond donors (Lipinski definition) is 0. The molecule has 4 bridgehead atoms. The van der Waals surface area contributed by atoms with E-state index in [1.165, 1.54) is 64.2 Å². The van der Waals surface area contributed by atoms with E-state index in [1.807, 2.05) is 0 Å². The summed E-state index contributed by atoms with van der Waals surface area (Å²) in [5.74, 6) is 4.47. The second-order valence-corrected chi connectivity index (χ2v) is 11.1. The summed E-state index contributed by atoms with van der Waals surface area (Å²) in [5.41, 5.74) is 0. The summed E-state index contributed by atoms with van der Waals surface area (Å²) in [6.45, 7) is 2.23. The second-order valence-electron chi connectivity index (χ2n) is 11.1. The molecule has 0 aromatic carbocycles. The van der Waals surface area contributed by atoms with E-state index in [2.05, 4.69) is 12.2 Å². The smallest absolute Gasteiger partial charge is 0.0885 e. The van der Waals surface area contributed by atoms with Gasteiger partial charge in [-0.1, -0.05) is 151 Å². The van der Waals surface area contributed by atoms with Gasteiger partial charge in [-0.05, 0) is 12.8 Å². The predicted octanol–water partition coefficient (Wildman–Crippen LogP) is 9.09. The van der Waals surface area contributed by atoms with E-state index < -0.39 is 0 Å². The molecule has 2 heteroatoms. The van der Waals surface area contributed by atoms with Gasteiger partial charge in [-0.15, -0.1) is 0 Å². The fourth-order valence-corrected chi connectivity index (χ4v) is 8.09. The molecule has 0 atom stereocenters. The van der Waals surface area contributed by atoms with Crippen molar-refractivity contribution in [3.8, 4) is 0 Å². The molecule has 4 rings (SSSR count). The molecular formula is C26H46B2. The molecule has 0 radical (unpaired) electrons. The topological polar surface area (TPSA) is 0 Å². The van der Waals surface area contributed by atoms with Crippen LogP contribution in [-0.2, 0) is 0 Å². The Balaban J connectivity index is 1.02. The Morgan fingerprint density at radius 2 is 0.786 bits per heavy atom. The highest BCUT2D eigenvalue weighted by Gasteiger charge is 2.39. The lowest BCUT2D eigenvalue weighted by Gasteiger charge is -2.40. The van der Waals surface area contributed by atoms with E-state index in [9.17, 15) is 0 Å². The minimum atomic E-state index is 1.12. The molecule has 28 heavy (non-hydrogen) atoms. The van der Waals surface area contributed by atoms with E-state index >= 15 is 0 Å². The van der Waals surface area contributed by atoms with Gasteiger partial charge in [-0.3, -0.25) is 0 Å². The molecular weight excluding hydrogens is 334 g/mol. The van der Waals surface area contributed by atoms with Gasteiger partial charge in [0.15, 0.2) is 0 Å². The van der Waals surface area contributed by atoms with Crippen molar-refractivity contribution in [2.45, 2.75) is 151 Å². The SMILES string of the molecule is C(=CCCCCB1C2CCCC1CCC2)CCCCB1C2CCCC1CCC2. The fourth-order valence-electron chi connectivity index (χ4n) is 8.09. The van der Waals surface area contributed by atoms with Crippen LogP contribution < -0.4 is 0 Å². The molecule has 0 amide bonds. The first-order valence-electron chi connectivity index (χ1n) is 13.6. The van der Waals surface area contributed by atoms with Crippen LogP contribution in [0.15, 0.2) is 12.2 Å². The van der Waals surface area contributed by atoms with E-state index in [1.54, 1.807) is 64.0 Å².